The van der Waals surface area contributed by atoms with E-state index in [1.54, 1.807) is 11.8 Å². The van der Waals surface area contributed by atoms with E-state index in [-0.39, 0.29) is 29.3 Å². The van der Waals surface area contributed by atoms with Crippen LogP contribution in [0.2, 0.25) is 0 Å². The van der Waals surface area contributed by atoms with Gasteiger partial charge in [-0.3, -0.25) is 9.59 Å². The molecule has 0 radical (unpaired) electrons. The molecule has 2 heterocycles. The summed E-state index contributed by atoms with van der Waals surface area (Å²) in [6, 6.07) is 6.99. The molecule has 1 amide bonds. The van der Waals surface area contributed by atoms with Gasteiger partial charge in [0.15, 0.2) is 5.43 Å². The molecule has 0 bridgehead atoms. The SMILES string of the molecule is Cc1cc(=O)c(C(=O)N2CCCc3c(N)cccc32)c[nH]1.Cl. The molecular weight excluding hydrogens is 302 g/mol. The number of aromatic nitrogens is 1. The molecule has 1 aromatic heterocycles. The Balaban J connectivity index is 0.00000176. The van der Waals surface area contributed by atoms with E-state index in [2.05, 4.69) is 4.98 Å². The minimum Gasteiger partial charge on any atom is -0.398 e. The van der Waals surface area contributed by atoms with E-state index in [9.17, 15) is 9.59 Å². The number of nitrogens with two attached hydrogens (primary N) is 1. The largest absolute Gasteiger partial charge is 0.398 e. The summed E-state index contributed by atoms with van der Waals surface area (Å²) in [5.41, 5.74) is 9.12. The van der Waals surface area contributed by atoms with Gasteiger partial charge in [0.25, 0.3) is 5.91 Å². The van der Waals surface area contributed by atoms with E-state index in [1.807, 2.05) is 18.2 Å². The van der Waals surface area contributed by atoms with Crippen LogP contribution in [0.5, 0.6) is 0 Å². The van der Waals surface area contributed by atoms with Crippen molar-refractivity contribution >= 4 is 29.7 Å². The Labute approximate surface area is 134 Å². The molecule has 116 valence electrons. The summed E-state index contributed by atoms with van der Waals surface area (Å²) in [6.07, 6.45) is 3.19. The summed E-state index contributed by atoms with van der Waals surface area (Å²) in [5.74, 6) is -0.275. The van der Waals surface area contributed by atoms with Gasteiger partial charge in [0.05, 0.1) is 0 Å². The van der Waals surface area contributed by atoms with Crippen molar-refractivity contribution in [2.24, 2.45) is 0 Å². The molecule has 0 aliphatic carbocycles. The lowest BCUT2D eigenvalue weighted by Gasteiger charge is -2.30. The molecule has 0 spiro atoms. The smallest absolute Gasteiger partial charge is 0.263 e. The van der Waals surface area contributed by atoms with Gasteiger partial charge >= 0.3 is 0 Å². The van der Waals surface area contributed by atoms with Crippen LogP contribution >= 0.6 is 12.4 Å². The van der Waals surface area contributed by atoms with Crippen LogP contribution in [-0.2, 0) is 6.42 Å². The molecule has 2 aromatic rings. The number of carbonyl (C=O) groups excluding carboxylic acids is 1. The monoisotopic (exact) mass is 319 g/mol. The molecule has 1 aromatic carbocycles. The lowest BCUT2D eigenvalue weighted by Crippen LogP contribution is -2.38. The number of pyridine rings is 1. The molecule has 0 atom stereocenters. The number of fused-ring (bicyclic) bond motifs is 1. The molecule has 1 aliphatic heterocycles. The van der Waals surface area contributed by atoms with Crippen LogP contribution in [0.4, 0.5) is 11.4 Å². The van der Waals surface area contributed by atoms with Gasteiger partial charge in [-0.05, 0) is 37.5 Å². The van der Waals surface area contributed by atoms with Crippen LogP contribution in [0, 0.1) is 6.92 Å². The van der Waals surface area contributed by atoms with Crippen molar-refractivity contribution in [2.75, 3.05) is 17.2 Å². The maximum atomic E-state index is 12.7. The van der Waals surface area contributed by atoms with E-state index >= 15 is 0 Å². The summed E-state index contributed by atoms with van der Waals surface area (Å²) in [6.45, 7) is 2.38. The maximum Gasteiger partial charge on any atom is 0.263 e. The number of carbonyl (C=O) groups is 1. The Bertz CT molecular complexity index is 770. The number of rotatable bonds is 1. The zero-order valence-corrected chi connectivity index (χ0v) is 13.1. The van der Waals surface area contributed by atoms with Crippen LogP contribution in [0.3, 0.4) is 0 Å². The van der Waals surface area contributed by atoms with Crippen LogP contribution < -0.4 is 16.1 Å². The van der Waals surface area contributed by atoms with Gasteiger partial charge in [0.2, 0.25) is 0 Å². The summed E-state index contributed by atoms with van der Waals surface area (Å²) in [7, 11) is 0. The number of nitrogen functional groups attached to an aromatic ring is 1. The van der Waals surface area contributed by atoms with Gasteiger partial charge in [-0.15, -0.1) is 12.4 Å². The van der Waals surface area contributed by atoms with Gasteiger partial charge in [0.1, 0.15) is 5.56 Å². The minimum absolute atomic E-state index is 0. The average Bonchev–Trinajstić information content (AvgIpc) is 2.46. The van der Waals surface area contributed by atoms with Gasteiger partial charge in [-0.25, -0.2) is 0 Å². The second-order valence-corrected chi connectivity index (χ2v) is 5.30. The zero-order valence-electron chi connectivity index (χ0n) is 12.3. The normalized spacial score (nSPS) is 13.2. The summed E-state index contributed by atoms with van der Waals surface area (Å²) < 4.78 is 0. The predicted molar refractivity (Wildman–Crippen MR) is 89.9 cm³/mol. The topological polar surface area (TPSA) is 79.2 Å². The molecule has 6 heteroatoms. The molecule has 0 fully saturated rings. The Morgan fingerprint density at radius 3 is 2.86 bits per heavy atom. The van der Waals surface area contributed by atoms with Crippen LogP contribution in [-0.4, -0.2) is 17.4 Å². The third kappa shape index (κ3) is 2.72. The van der Waals surface area contributed by atoms with Crippen molar-refractivity contribution in [1.29, 1.82) is 0 Å². The number of nitrogens with zero attached hydrogens (tertiary/aromatic N) is 1. The zero-order chi connectivity index (χ0) is 15.0. The number of hydrogen-bond acceptors (Lipinski definition) is 3. The molecule has 0 unspecified atom stereocenters. The Morgan fingerprint density at radius 2 is 2.14 bits per heavy atom. The molecule has 5 nitrogen and oxygen atoms in total. The van der Waals surface area contributed by atoms with Crippen molar-refractivity contribution in [2.45, 2.75) is 19.8 Å². The lowest BCUT2D eigenvalue weighted by molar-refractivity contribution is 0.0984. The molecule has 0 saturated heterocycles. The van der Waals surface area contributed by atoms with Crippen LogP contribution in [0.25, 0.3) is 0 Å². The number of benzene rings is 1. The van der Waals surface area contributed by atoms with E-state index in [0.717, 1.165) is 29.8 Å². The summed E-state index contributed by atoms with van der Waals surface area (Å²) >= 11 is 0. The molecule has 3 rings (SSSR count). The van der Waals surface area contributed by atoms with Gasteiger partial charge in [-0.2, -0.15) is 0 Å². The van der Waals surface area contributed by atoms with Crippen LogP contribution in [0.15, 0.2) is 35.3 Å². The highest BCUT2D eigenvalue weighted by atomic mass is 35.5. The molecular formula is C16H18ClN3O2. The highest BCUT2D eigenvalue weighted by Crippen LogP contribution is 2.31. The first kappa shape index (κ1) is 16.1. The standard InChI is InChI=1S/C16H17N3O2.ClH/c1-10-8-15(20)12(9-18-10)16(21)19-7-3-4-11-13(17)5-2-6-14(11)19;/h2,5-6,8-9H,3-4,7,17H2,1H3,(H,18,20);1H. The molecule has 0 saturated carbocycles. The van der Waals surface area contributed by atoms with Gasteiger partial charge in [-0.1, -0.05) is 6.07 Å². The number of halogens is 1. The lowest BCUT2D eigenvalue weighted by atomic mass is 9.99. The third-order valence-electron chi connectivity index (χ3n) is 3.82. The number of hydrogen-bond donors (Lipinski definition) is 2. The first-order valence-corrected chi connectivity index (χ1v) is 6.96. The number of H-pyrrole nitrogens is 1. The highest BCUT2D eigenvalue weighted by Gasteiger charge is 2.26. The average molecular weight is 320 g/mol. The number of anilines is 2. The Morgan fingerprint density at radius 1 is 1.36 bits per heavy atom. The first-order chi connectivity index (χ1) is 10.1. The van der Waals surface area contributed by atoms with Gasteiger partial charge in [0, 0.05) is 35.9 Å². The van der Waals surface area contributed by atoms with Gasteiger partial charge < -0.3 is 15.6 Å². The third-order valence-corrected chi connectivity index (χ3v) is 3.82. The second-order valence-electron chi connectivity index (χ2n) is 5.30. The summed E-state index contributed by atoms with van der Waals surface area (Å²) in [5, 5.41) is 0. The van der Waals surface area contributed by atoms with Crippen molar-refractivity contribution in [3.8, 4) is 0 Å². The second kappa shape index (κ2) is 6.23. The van der Waals surface area contributed by atoms with E-state index in [4.69, 9.17) is 5.73 Å². The fraction of sp³-hybridized carbons (Fsp3) is 0.250. The highest BCUT2D eigenvalue weighted by molar-refractivity contribution is 6.06. The number of nitrogens with one attached hydrogen (secondary N) is 1. The number of aromatic amines is 1. The molecule has 1 aliphatic rings. The molecule has 22 heavy (non-hydrogen) atoms. The fourth-order valence-corrected chi connectivity index (χ4v) is 2.75. The number of amides is 1. The fourth-order valence-electron chi connectivity index (χ4n) is 2.75. The quantitative estimate of drug-likeness (QED) is 0.791. The maximum absolute atomic E-state index is 12.7. The number of aryl methyl sites for hydroxylation is 1. The minimum atomic E-state index is -0.275. The predicted octanol–water partition coefficient (Wildman–Crippen LogP) is 2.28. The summed E-state index contributed by atoms with van der Waals surface area (Å²) in [4.78, 5) is 29.3. The van der Waals surface area contributed by atoms with E-state index in [1.165, 1.54) is 12.3 Å². The van der Waals surface area contributed by atoms with Crippen molar-refractivity contribution in [1.82, 2.24) is 4.98 Å². The van der Waals surface area contributed by atoms with E-state index in [0.29, 0.717) is 12.2 Å². The van der Waals surface area contributed by atoms with Crippen LogP contribution in [0.1, 0.15) is 28.0 Å². The Kier molecular flexibility index (Phi) is 4.56. The van der Waals surface area contributed by atoms with Crippen molar-refractivity contribution in [3.05, 3.63) is 57.5 Å². The Hall–Kier alpha value is -2.27. The van der Waals surface area contributed by atoms with Crippen molar-refractivity contribution in [3.63, 3.8) is 0 Å². The van der Waals surface area contributed by atoms with Crippen molar-refractivity contribution < 1.29 is 4.79 Å². The molecule has 3 N–H and O–H groups in total. The van der Waals surface area contributed by atoms with E-state index < -0.39 is 0 Å². The first-order valence-electron chi connectivity index (χ1n) is 6.96.